The van der Waals surface area contributed by atoms with Crippen molar-refractivity contribution in [3.05, 3.63) is 64.0 Å². The summed E-state index contributed by atoms with van der Waals surface area (Å²) in [5.74, 6) is 0.112. The van der Waals surface area contributed by atoms with Crippen molar-refractivity contribution in [3.63, 3.8) is 0 Å². The Morgan fingerprint density at radius 3 is 2.47 bits per heavy atom. The zero-order chi connectivity index (χ0) is 20.7. The lowest BCUT2D eigenvalue weighted by molar-refractivity contribution is -0.124. The Morgan fingerprint density at radius 2 is 1.70 bits per heavy atom. The third kappa shape index (κ3) is 3.46. The number of nitrogens with zero attached hydrogens (tertiary/aromatic N) is 3. The van der Waals surface area contributed by atoms with Gasteiger partial charge in [0.15, 0.2) is 5.17 Å². The van der Waals surface area contributed by atoms with Gasteiger partial charge in [-0.1, -0.05) is 61.4 Å². The average molecular weight is 436 g/mol. The van der Waals surface area contributed by atoms with E-state index >= 15 is 0 Å². The van der Waals surface area contributed by atoms with Crippen LogP contribution in [0.3, 0.4) is 0 Å². The average Bonchev–Trinajstić information content (AvgIpc) is 3.27. The monoisotopic (exact) mass is 435 g/mol. The second kappa shape index (κ2) is 8.16. The highest BCUT2D eigenvalue weighted by atomic mass is 32.2. The first-order valence-corrected chi connectivity index (χ1v) is 12.2. The van der Waals surface area contributed by atoms with Gasteiger partial charge in [0.05, 0.1) is 16.4 Å². The third-order valence-corrected chi connectivity index (χ3v) is 8.42. The van der Waals surface area contributed by atoms with E-state index in [0.717, 1.165) is 44.9 Å². The van der Waals surface area contributed by atoms with Crippen LogP contribution in [0.1, 0.15) is 37.7 Å². The number of hydrogen-bond donors (Lipinski definition) is 0. The Hall–Kier alpha value is -2.18. The number of carbonyl (C=O) groups is 1. The van der Waals surface area contributed by atoms with Crippen LogP contribution in [0.25, 0.3) is 0 Å². The molecule has 6 heteroatoms. The van der Waals surface area contributed by atoms with Crippen LogP contribution in [-0.2, 0) is 4.79 Å². The van der Waals surface area contributed by atoms with Crippen molar-refractivity contribution in [2.24, 2.45) is 4.99 Å². The molecular formula is C24H25N3OS2. The normalized spacial score (nSPS) is 23.5. The number of amidine groups is 1. The fourth-order valence-electron chi connectivity index (χ4n) is 4.35. The lowest BCUT2D eigenvalue weighted by Crippen LogP contribution is -2.40. The molecule has 30 heavy (non-hydrogen) atoms. The van der Waals surface area contributed by atoms with Crippen LogP contribution in [0.4, 0.5) is 11.4 Å². The summed E-state index contributed by atoms with van der Waals surface area (Å²) in [4.78, 5) is 24.8. The SMILES string of the molecule is Cc1ccccc1N=C1SC(=C2Sc3ccccc3N2C)C(=O)N1C1CCCCC1. The molecule has 0 unspecified atom stereocenters. The van der Waals surface area contributed by atoms with E-state index in [-0.39, 0.29) is 11.9 Å². The van der Waals surface area contributed by atoms with Crippen LogP contribution < -0.4 is 4.90 Å². The van der Waals surface area contributed by atoms with E-state index in [4.69, 9.17) is 4.99 Å². The van der Waals surface area contributed by atoms with Gasteiger partial charge in [0.25, 0.3) is 5.91 Å². The number of fused-ring (bicyclic) bond motifs is 1. The quantitative estimate of drug-likeness (QED) is 0.519. The molecule has 0 aromatic heterocycles. The van der Waals surface area contributed by atoms with E-state index in [9.17, 15) is 4.79 Å². The number of aryl methyl sites for hydroxylation is 1. The zero-order valence-electron chi connectivity index (χ0n) is 17.3. The number of amides is 1. The van der Waals surface area contributed by atoms with Gasteiger partial charge in [-0.05, 0) is 55.3 Å². The summed E-state index contributed by atoms with van der Waals surface area (Å²) in [7, 11) is 2.05. The summed E-state index contributed by atoms with van der Waals surface area (Å²) in [6.07, 6.45) is 5.75. The maximum absolute atomic E-state index is 13.7. The highest BCUT2D eigenvalue weighted by Crippen LogP contribution is 2.50. The van der Waals surface area contributed by atoms with Gasteiger partial charge in [-0.25, -0.2) is 4.99 Å². The number of rotatable bonds is 2. The Labute approximate surface area is 186 Å². The van der Waals surface area contributed by atoms with Crippen LogP contribution in [0.2, 0.25) is 0 Å². The van der Waals surface area contributed by atoms with Crippen LogP contribution in [-0.4, -0.2) is 29.1 Å². The molecule has 1 saturated heterocycles. The number of thioether (sulfide) groups is 2. The van der Waals surface area contributed by atoms with Gasteiger partial charge in [0, 0.05) is 18.0 Å². The number of aliphatic imine (C=N–C) groups is 1. The molecule has 0 N–H and O–H groups in total. The summed E-state index contributed by atoms with van der Waals surface area (Å²) in [6, 6.07) is 16.7. The Kier molecular flexibility index (Phi) is 5.37. The van der Waals surface area contributed by atoms with E-state index in [1.165, 1.54) is 35.9 Å². The molecule has 1 amide bonds. The molecule has 0 atom stereocenters. The van der Waals surface area contributed by atoms with Crippen molar-refractivity contribution in [2.45, 2.75) is 50.0 Å². The molecule has 2 aliphatic heterocycles. The van der Waals surface area contributed by atoms with Crippen molar-refractivity contribution in [1.29, 1.82) is 0 Å². The van der Waals surface area contributed by atoms with E-state index < -0.39 is 0 Å². The number of carbonyl (C=O) groups excluding carboxylic acids is 1. The van der Waals surface area contributed by atoms with Crippen molar-refractivity contribution in [2.75, 3.05) is 11.9 Å². The molecule has 0 bridgehead atoms. The van der Waals surface area contributed by atoms with Gasteiger partial charge in [0.1, 0.15) is 4.91 Å². The molecule has 2 aromatic rings. The minimum Gasteiger partial charge on any atom is -0.337 e. The van der Waals surface area contributed by atoms with Crippen molar-refractivity contribution >= 4 is 46.0 Å². The fourth-order valence-corrected chi connectivity index (χ4v) is 6.74. The van der Waals surface area contributed by atoms with Gasteiger partial charge in [-0.2, -0.15) is 0 Å². The summed E-state index contributed by atoms with van der Waals surface area (Å²) in [6.45, 7) is 2.07. The molecule has 154 valence electrons. The maximum atomic E-state index is 13.7. The smallest absolute Gasteiger partial charge is 0.269 e. The Morgan fingerprint density at radius 1 is 0.967 bits per heavy atom. The van der Waals surface area contributed by atoms with Crippen molar-refractivity contribution in [3.8, 4) is 0 Å². The van der Waals surface area contributed by atoms with Gasteiger partial charge >= 0.3 is 0 Å². The summed E-state index contributed by atoms with van der Waals surface area (Å²) >= 11 is 3.23. The second-order valence-corrected chi connectivity index (χ2v) is 10.0. The maximum Gasteiger partial charge on any atom is 0.269 e. The van der Waals surface area contributed by atoms with Crippen molar-refractivity contribution < 1.29 is 4.79 Å². The number of benzene rings is 2. The summed E-state index contributed by atoms with van der Waals surface area (Å²) < 4.78 is 0. The molecular weight excluding hydrogens is 410 g/mol. The van der Waals surface area contributed by atoms with E-state index in [2.05, 4.69) is 43.1 Å². The molecule has 3 aliphatic rings. The molecule has 5 rings (SSSR count). The zero-order valence-corrected chi connectivity index (χ0v) is 18.9. The van der Waals surface area contributed by atoms with Crippen LogP contribution >= 0.6 is 23.5 Å². The van der Waals surface area contributed by atoms with Crippen LogP contribution in [0, 0.1) is 6.92 Å². The topological polar surface area (TPSA) is 35.9 Å². The molecule has 0 radical (unpaired) electrons. The van der Waals surface area contributed by atoms with Gasteiger partial charge in [0.2, 0.25) is 0 Å². The van der Waals surface area contributed by atoms with E-state index in [0.29, 0.717) is 0 Å². The molecule has 2 aromatic carbocycles. The Balaban J connectivity index is 1.57. The van der Waals surface area contributed by atoms with Crippen LogP contribution in [0.15, 0.2) is 68.4 Å². The summed E-state index contributed by atoms with van der Waals surface area (Å²) in [5, 5.41) is 1.84. The third-order valence-electron chi connectivity index (χ3n) is 6.02. The first-order chi connectivity index (χ1) is 14.6. The van der Waals surface area contributed by atoms with Gasteiger partial charge < -0.3 is 4.90 Å². The second-order valence-electron chi connectivity index (χ2n) is 8.01. The minimum atomic E-state index is 0.112. The molecule has 1 aliphatic carbocycles. The van der Waals surface area contributed by atoms with E-state index in [1.807, 2.05) is 29.2 Å². The molecule has 2 heterocycles. The highest BCUT2D eigenvalue weighted by molar-refractivity contribution is 8.19. The number of hydrogen-bond acceptors (Lipinski definition) is 5. The number of anilines is 1. The largest absolute Gasteiger partial charge is 0.337 e. The predicted molar refractivity (Wildman–Crippen MR) is 127 cm³/mol. The molecule has 4 nitrogen and oxygen atoms in total. The first-order valence-electron chi connectivity index (χ1n) is 10.5. The first kappa shape index (κ1) is 19.8. The fraction of sp³-hybridized carbons (Fsp3) is 0.333. The van der Waals surface area contributed by atoms with E-state index in [1.54, 1.807) is 11.8 Å². The van der Waals surface area contributed by atoms with Gasteiger partial charge in [-0.3, -0.25) is 9.69 Å². The standard InChI is InChI=1S/C24H25N3OS2/c1-16-10-6-7-13-18(16)25-24-27(17-11-4-3-5-12-17)22(28)21(30-24)23-26(2)19-14-8-9-15-20(19)29-23/h6-10,13-15,17H,3-5,11-12H2,1-2H3. The molecule has 1 saturated carbocycles. The summed E-state index contributed by atoms with van der Waals surface area (Å²) in [5.41, 5.74) is 3.23. The van der Waals surface area contributed by atoms with Gasteiger partial charge in [-0.15, -0.1) is 0 Å². The molecule has 2 fully saturated rings. The van der Waals surface area contributed by atoms with Crippen LogP contribution in [0.5, 0.6) is 0 Å². The Bertz CT molecular complexity index is 1060. The predicted octanol–water partition coefficient (Wildman–Crippen LogP) is 6.30. The number of para-hydroxylation sites is 2. The van der Waals surface area contributed by atoms with Crippen molar-refractivity contribution in [1.82, 2.24) is 4.90 Å². The molecule has 0 spiro atoms. The lowest BCUT2D eigenvalue weighted by Gasteiger charge is -2.30. The highest BCUT2D eigenvalue weighted by Gasteiger charge is 2.42. The lowest BCUT2D eigenvalue weighted by atomic mass is 9.94. The minimum absolute atomic E-state index is 0.112.